The molecule has 1 N–H and O–H groups in total. The maximum Gasteiger partial charge on any atom is 0.186 e. The Morgan fingerprint density at radius 2 is 1.90 bits per heavy atom. The molecule has 1 aromatic heterocycles. The standard InChI is InChI=1S/C17H33N3S/c1-7-10-11-20(14(6)8-2)17-19-15(9-3)16(21-17)12-18-13(4)5/h13-14,18H,7-12H2,1-6H3. The van der Waals surface area contributed by atoms with Gasteiger partial charge in [-0.25, -0.2) is 4.98 Å². The molecule has 0 amide bonds. The van der Waals surface area contributed by atoms with E-state index in [0.29, 0.717) is 12.1 Å². The van der Waals surface area contributed by atoms with Crippen LogP contribution in [0.25, 0.3) is 0 Å². The van der Waals surface area contributed by atoms with Crippen molar-refractivity contribution in [3.05, 3.63) is 10.6 Å². The molecule has 3 nitrogen and oxygen atoms in total. The Kier molecular flexibility index (Phi) is 8.27. The normalized spacial score (nSPS) is 12.9. The van der Waals surface area contributed by atoms with Gasteiger partial charge in [0.15, 0.2) is 5.13 Å². The minimum atomic E-state index is 0.519. The van der Waals surface area contributed by atoms with Gasteiger partial charge in [-0.2, -0.15) is 0 Å². The van der Waals surface area contributed by atoms with E-state index in [0.717, 1.165) is 19.5 Å². The van der Waals surface area contributed by atoms with Gasteiger partial charge in [-0.1, -0.05) is 41.0 Å². The van der Waals surface area contributed by atoms with Crippen LogP contribution in [0.2, 0.25) is 0 Å². The highest BCUT2D eigenvalue weighted by molar-refractivity contribution is 7.15. The van der Waals surface area contributed by atoms with E-state index in [1.54, 1.807) is 0 Å². The summed E-state index contributed by atoms with van der Waals surface area (Å²) in [6.45, 7) is 15.5. The number of aromatic nitrogens is 1. The minimum absolute atomic E-state index is 0.519. The summed E-state index contributed by atoms with van der Waals surface area (Å²) in [4.78, 5) is 8.85. The van der Waals surface area contributed by atoms with E-state index in [9.17, 15) is 0 Å². The Hall–Kier alpha value is -0.610. The fraction of sp³-hybridized carbons (Fsp3) is 0.824. The van der Waals surface area contributed by atoms with Gasteiger partial charge < -0.3 is 10.2 Å². The molecule has 122 valence electrons. The number of unbranched alkanes of at least 4 members (excludes halogenated alkanes) is 1. The Morgan fingerprint density at radius 1 is 1.19 bits per heavy atom. The van der Waals surface area contributed by atoms with Crippen molar-refractivity contribution in [1.29, 1.82) is 0 Å². The van der Waals surface area contributed by atoms with Gasteiger partial charge in [0.1, 0.15) is 0 Å². The first-order chi connectivity index (χ1) is 10.0. The Balaban J connectivity index is 2.91. The van der Waals surface area contributed by atoms with Crippen molar-refractivity contribution in [1.82, 2.24) is 10.3 Å². The van der Waals surface area contributed by atoms with Crippen molar-refractivity contribution in [3.8, 4) is 0 Å². The molecule has 0 aliphatic heterocycles. The number of rotatable bonds is 10. The zero-order valence-electron chi connectivity index (χ0n) is 14.7. The third-order valence-corrected chi connectivity index (χ3v) is 5.03. The van der Waals surface area contributed by atoms with Crippen LogP contribution in [0, 0.1) is 0 Å². The molecule has 0 radical (unpaired) electrons. The highest BCUT2D eigenvalue weighted by Gasteiger charge is 2.19. The van der Waals surface area contributed by atoms with Gasteiger partial charge in [-0.3, -0.25) is 0 Å². The second-order valence-corrected chi connectivity index (χ2v) is 7.12. The largest absolute Gasteiger partial charge is 0.345 e. The fourth-order valence-corrected chi connectivity index (χ4v) is 3.49. The van der Waals surface area contributed by atoms with Crippen LogP contribution in [0.15, 0.2) is 0 Å². The third-order valence-electron chi connectivity index (χ3n) is 3.89. The van der Waals surface area contributed by atoms with E-state index >= 15 is 0 Å². The minimum Gasteiger partial charge on any atom is -0.345 e. The molecule has 1 rings (SSSR count). The first kappa shape index (κ1) is 18.4. The van der Waals surface area contributed by atoms with Gasteiger partial charge in [0.05, 0.1) is 5.69 Å². The lowest BCUT2D eigenvalue weighted by atomic mass is 10.2. The molecule has 0 spiro atoms. The molecule has 0 saturated carbocycles. The first-order valence-electron chi connectivity index (χ1n) is 8.51. The lowest BCUT2D eigenvalue weighted by molar-refractivity contribution is 0.589. The lowest BCUT2D eigenvalue weighted by Gasteiger charge is -2.28. The summed E-state index contributed by atoms with van der Waals surface area (Å²) < 4.78 is 0. The third kappa shape index (κ3) is 5.59. The number of nitrogens with zero attached hydrogens (tertiary/aromatic N) is 2. The fourth-order valence-electron chi connectivity index (χ4n) is 2.26. The average molecular weight is 312 g/mol. The van der Waals surface area contributed by atoms with E-state index < -0.39 is 0 Å². The SMILES string of the molecule is CCCCN(c1nc(CC)c(CNC(C)C)s1)C(C)CC. The summed E-state index contributed by atoms with van der Waals surface area (Å²) in [5.74, 6) is 0. The molecule has 1 atom stereocenters. The van der Waals surface area contributed by atoms with Crippen molar-refractivity contribution in [3.63, 3.8) is 0 Å². The summed E-state index contributed by atoms with van der Waals surface area (Å²) in [5.41, 5.74) is 1.27. The van der Waals surface area contributed by atoms with Gasteiger partial charge >= 0.3 is 0 Å². The highest BCUT2D eigenvalue weighted by Crippen LogP contribution is 2.29. The van der Waals surface area contributed by atoms with Crippen LogP contribution in [0.1, 0.15) is 71.4 Å². The molecule has 0 bridgehead atoms. The van der Waals surface area contributed by atoms with E-state index in [1.807, 2.05) is 11.3 Å². The quantitative estimate of drug-likeness (QED) is 0.684. The van der Waals surface area contributed by atoms with E-state index in [-0.39, 0.29) is 0 Å². The molecule has 1 aromatic rings. The zero-order valence-corrected chi connectivity index (χ0v) is 15.5. The maximum atomic E-state index is 4.93. The van der Waals surface area contributed by atoms with Gasteiger partial charge in [0.25, 0.3) is 0 Å². The molecule has 0 saturated heterocycles. The molecule has 21 heavy (non-hydrogen) atoms. The van der Waals surface area contributed by atoms with Gasteiger partial charge in [-0.05, 0) is 26.2 Å². The number of anilines is 1. The van der Waals surface area contributed by atoms with Crippen molar-refractivity contribution in [2.75, 3.05) is 11.4 Å². The van der Waals surface area contributed by atoms with Crippen LogP contribution in [0.3, 0.4) is 0 Å². The monoisotopic (exact) mass is 311 g/mol. The van der Waals surface area contributed by atoms with Crippen LogP contribution in [0.5, 0.6) is 0 Å². The van der Waals surface area contributed by atoms with Crippen LogP contribution in [0.4, 0.5) is 5.13 Å². The van der Waals surface area contributed by atoms with Crippen molar-refractivity contribution >= 4 is 16.5 Å². The molecular formula is C17H33N3S. The smallest absolute Gasteiger partial charge is 0.186 e. The zero-order chi connectivity index (χ0) is 15.8. The number of aryl methyl sites for hydroxylation is 1. The van der Waals surface area contributed by atoms with Gasteiger partial charge in [0.2, 0.25) is 0 Å². The summed E-state index contributed by atoms with van der Waals surface area (Å²) in [5, 5.41) is 4.74. The van der Waals surface area contributed by atoms with Crippen molar-refractivity contribution in [2.45, 2.75) is 85.9 Å². The van der Waals surface area contributed by atoms with Crippen LogP contribution >= 0.6 is 11.3 Å². The summed E-state index contributed by atoms with van der Waals surface area (Å²) in [7, 11) is 0. The number of nitrogens with one attached hydrogen (secondary N) is 1. The first-order valence-corrected chi connectivity index (χ1v) is 9.33. The molecule has 0 fully saturated rings. The average Bonchev–Trinajstić information content (AvgIpc) is 2.88. The highest BCUT2D eigenvalue weighted by atomic mass is 32.1. The van der Waals surface area contributed by atoms with Crippen LogP contribution < -0.4 is 10.2 Å². The van der Waals surface area contributed by atoms with E-state index in [4.69, 9.17) is 4.98 Å². The lowest BCUT2D eigenvalue weighted by Crippen LogP contribution is -2.33. The van der Waals surface area contributed by atoms with Crippen molar-refractivity contribution < 1.29 is 0 Å². The predicted octanol–water partition coefficient (Wildman–Crippen LogP) is 4.61. The second kappa shape index (κ2) is 9.42. The van der Waals surface area contributed by atoms with E-state index in [1.165, 1.54) is 35.0 Å². The topological polar surface area (TPSA) is 28.2 Å². The molecular weight excluding hydrogens is 278 g/mol. The van der Waals surface area contributed by atoms with Gasteiger partial charge in [0, 0.05) is 30.1 Å². The molecule has 0 aliphatic carbocycles. The number of hydrogen-bond donors (Lipinski definition) is 1. The molecule has 1 unspecified atom stereocenters. The molecule has 4 heteroatoms. The van der Waals surface area contributed by atoms with Crippen LogP contribution in [-0.2, 0) is 13.0 Å². The predicted molar refractivity (Wildman–Crippen MR) is 95.5 cm³/mol. The second-order valence-electron chi connectivity index (χ2n) is 6.06. The molecule has 1 heterocycles. The molecule has 0 aromatic carbocycles. The van der Waals surface area contributed by atoms with Crippen LogP contribution in [-0.4, -0.2) is 23.6 Å². The summed E-state index contributed by atoms with van der Waals surface area (Å²) in [6, 6.07) is 1.09. The Labute approximate surface area is 135 Å². The Bertz CT molecular complexity index is 401. The number of hydrogen-bond acceptors (Lipinski definition) is 4. The van der Waals surface area contributed by atoms with Crippen molar-refractivity contribution in [2.24, 2.45) is 0 Å². The Morgan fingerprint density at radius 3 is 2.43 bits per heavy atom. The van der Waals surface area contributed by atoms with Gasteiger partial charge in [-0.15, -0.1) is 11.3 Å². The summed E-state index contributed by atoms with van der Waals surface area (Å²) >= 11 is 1.88. The maximum absolute atomic E-state index is 4.93. The van der Waals surface area contributed by atoms with E-state index in [2.05, 4.69) is 51.8 Å². The molecule has 0 aliphatic rings. The summed E-state index contributed by atoms with van der Waals surface area (Å²) in [6.07, 6.45) is 4.67. The number of thiazole rings is 1.